The van der Waals surface area contributed by atoms with Gasteiger partial charge in [0.1, 0.15) is 5.75 Å². The summed E-state index contributed by atoms with van der Waals surface area (Å²) in [6, 6.07) is 4.51. The molecule has 0 atom stereocenters. The molecule has 2 N–H and O–H groups in total. The van der Waals surface area contributed by atoms with Crippen molar-refractivity contribution in [2.24, 2.45) is 0 Å². The second kappa shape index (κ2) is 5.61. The van der Waals surface area contributed by atoms with Gasteiger partial charge >= 0.3 is 0 Å². The Morgan fingerprint density at radius 2 is 1.81 bits per heavy atom. The van der Waals surface area contributed by atoms with E-state index in [2.05, 4.69) is 9.97 Å². The van der Waals surface area contributed by atoms with E-state index in [-0.39, 0.29) is 23.4 Å². The van der Waals surface area contributed by atoms with E-state index in [1.165, 1.54) is 19.2 Å². The van der Waals surface area contributed by atoms with Crippen LogP contribution in [0.4, 0.5) is 11.6 Å². The molecule has 0 bridgehead atoms. The first kappa shape index (κ1) is 14.5. The first-order valence-electron chi connectivity index (χ1n) is 6.02. The van der Waals surface area contributed by atoms with Gasteiger partial charge in [0.05, 0.1) is 18.1 Å². The Bertz CT molecular complexity index is 703. The second-order valence-electron chi connectivity index (χ2n) is 4.37. The number of benzene rings is 1. The minimum absolute atomic E-state index is 0.0145. The third kappa shape index (κ3) is 3.16. The number of nitrogens with two attached hydrogens (primary N) is 1. The van der Waals surface area contributed by atoms with Gasteiger partial charge in [-0.1, -0.05) is 0 Å². The standard InChI is InChI=1S/C13H14N4O4/c1-7-5-10(8(2)4-9(7)17(18)19)21-12-6-11(20-3)15-13(14)16-12/h4-6H,1-3H3,(H2,14,15,16). The van der Waals surface area contributed by atoms with Crippen molar-refractivity contribution in [3.8, 4) is 17.5 Å². The molecular formula is C13H14N4O4. The topological polar surface area (TPSA) is 113 Å². The van der Waals surface area contributed by atoms with Gasteiger partial charge in [0, 0.05) is 11.6 Å². The minimum atomic E-state index is -0.433. The van der Waals surface area contributed by atoms with Gasteiger partial charge in [-0.2, -0.15) is 9.97 Å². The summed E-state index contributed by atoms with van der Waals surface area (Å²) in [6.45, 7) is 3.35. The molecule has 110 valence electrons. The molecule has 0 aliphatic heterocycles. The molecule has 1 heterocycles. The van der Waals surface area contributed by atoms with Crippen LogP contribution >= 0.6 is 0 Å². The first-order chi connectivity index (χ1) is 9.90. The van der Waals surface area contributed by atoms with E-state index in [1.807, 2.05) is 0 Å². The van der Waals surface area contributed by atoms with Gasteiger partial charge in [0.2, 0.25) is 17.7 Å². The van der Waals surface area contributed by atoms with Crippen molar-refractivity contribution in [1.29, 1.82) is 0 Å². The van der Waals surface area contributed by atoms with E-state index in [0.29, 0.717) is 16.9 Å². The fraction of sp³-hybridized carbons (Fsp3) is 0.231. The Kier molecular flexibility index (Phi) is 3.88. The van der Waals surface area contributed by atoms with Crippen molar-refractivity contribution in [2.75, 3.05) is 12.8 Å². The van der Waals surface area contributed by atoms with Crippen LogP contribution in [0, 0.1) is 24.0 Å². The van der Waals surface area contributed by atoms with Crippen LogP contribution in [0.3, 0.4) is 0 Å². The van der Waals surface area contributed by atoms with Gasteiger partial charge in [-0.15, -0.1) is 0 Å². The van der Waals surface area contributed by atoms with Crippen LogP contribution in [0.15, 0.2) is 18.2 Å². The summed E-state index contributed by atoms with van der Waals surface area (Å²) in [5.74, 6) is 0.948. The van der Waals surface area contributed by atoms with Crippen molar-refractivity contribution >= 4 is 11.6 Å². The highest BCUT2D eigenvalue weighted by atomic mass is 16.6. The highest BCUT2D eigenvalue weighted by Gasteiger charge is 2.15. The van der Waals surface area contributed by atoms with Crippen LogP contribution in [-0.2, 0) is 0 Å². The molecule has 2 rings (SSSR count). The van der Waals surface area contributed by atoms with Crippen LogP contribution in [0.5, 0.6) is 17.5 Å². The average molecular weight is 290 g/mol. The van der Waals surface area contributed by atoms with Crippen LogP contribution in [0.2, 0.25) is 0 Å². The van der Waals surface area contributed by atoms with Crippen molar-refractivity contribution in [1.82, 2.24) is 9.97 Å². The number of nitro benzene ring substituents is 1. The predicted octanol–water partition coefficient (Wildman–Crippen LogP) is 2.38. The largest absolute Gasteiger partial charge is 0.481 e. The van der Waals surface area contributed by atoms with Crippen LogP contribution in [-0.4, -0.2) is 22.0 Å². The average Bonchev–Trinajstić information content (AvgIpc) is 2.41. The fourth-order valence-corrected chi connectivity index (χ4v) is 1.77. The fourth-order valence-electron chi connectivity index (χ4n) is 1.77. The molecule has 0 spiro atoms. The Morgan fingerprint density at radius 1 is 1.14 bits per heavy atom. The summed E-state index contributed by atoms with van der Waals surface area (Å²) in [4.78, 5) is 18.2. The van der Waals surface area contributed by atoms with Gasteiger partial charge in [0.15, 0.2) is 0 Å². The summed E-state index contributed by atoms with van der Waals surface area (Å²) in [5.41, 5.74) is 6.70. The zero-order valence-corrected chi connectivity index (χ0v) is 11.8. The number of anilines is 1. The number of hydrogen-bond acceptors (Lipinski definition) is 7. The number of nitrogen functional groups attached to an aromatic ring is 1. The maximum Gasteiger partial charge on any atom is 0.272 e. The highest BCUT2D eigenvalue weighted by Crippen LogP contribution is 2.31. The molecule has 0 aliphatic rings. The van der Waals surface area contributed by atoms with E-state index < -0.39 is 4.92 Å². The monoisotopic (exact) mass is 290 g/mol. The molecule has 2 aromatic rings. The molecule has 0 unspecified atom stereocenters. The molecule has 21 heavy (non-hydrogen) atoms. The first-order valence-corrected chi connectivity index (χ1v) is 6.02. The Morgan fingerprint density at radius 3 is 2.43 bits per heavy atom. The molecule has 8 nitrogen and oxygen atoms in total. The molecule has 1 aromatic carbocycles. The Hall–Kier alpha value is -2.90. The SMILES string of the molecule is COc1cc(Oc2cc(C)c([N+](=O)[O-])cc2C)nc(N)n1. The lowest BCUT2D eigenvalue weighted by atomic mass is 10.1. The van der Waals surface area contributed by atoms with Gasteiger partial charge in [-0.3, -0.25) is 10.1 Å². The normalized spacial score (nSPS) is 10.2. The third-order valence-corrected chi connectivity index (χ3v) is 2.81. The molecule has 0 saturated heterocycles. The molecular weight excluding hydrogens is 276 g/mol. The number of ether oxygens (including phenoxy) is 2. The Labute approximate surface area is 120 Å². The lowest BCUT2D eigenvalue weighted by Gasteiger charge is -2.10. The van der Waals surface area contributed by atoms with Crippen LogP contribution in [0.1, 0.15) is 11.1 Å². The van der Waals surface area contributed by atoms with Crippen molar-refractivity contribution < 1.29 is 14.4 Å². The van der Waals surface area contributed by atoms with Gasteiger partial charge in [-0.25, -0.2) is 0 Å². The number of nitro groups is 1. The zero-order chi connectivity index (χ0) is 15.6. The van der Waals surface area contributed by atoms with Crippen LogP contribution < -0.4 is 15.2 Å². The second-order valence-corrected chi connectivity index (χ2v) is 4.37. The number of methoxy groups -OCH3 is 1. The Balaban J connectivity index is 2.38. The summed E-state index contributed by atoms with van der Waals surface area (Å²) < 4.78 is 10.6. The van der Waals surface area contributed by atoms with E-state index in [1.54, 1.807) is 19.9 Å². The van der Waals surface area contributed by atoms with Gasteiger partial charge < -0.3 is 15.2 Å². The molecule has 1 aromatic heterocycles. The number of nitrogens with zero attached hydrogens (tertiary/aromatic N) is 3. The van der Waals surface area contributed by atoms with Crippen molar-refractivity contribution in [2.45, 2.75) is 13.8 Å². The van der Waals surface area contributed by atoms with E-state index >= 15 is 0 Å². The predicted molar refractivity (Wildman–Crippen MR) is 75.6 cm³/mol. The van der Waals surface area contributed by atoms with Crippen molar-refractivity contribution in [3.05, 3.63) is 39.4 Å². The lowest BCUT2D eigenvalue weighted by molar-refractivity contribution is -0.385. The highest BCUT2D eigenvalue weighted by molar-refractivity contribution is 5.50. The molecule has 0 saturated carbocycles. The summed E-state index contributed by atoms with van der Waals surface area (Å²) in [6.07, 6.45) is 0. The molecule has 0 fully saturated rings. The number of rotatable bonds is 4. The van der Waals surface area contributed by atoms with E-state index in [9.17, 15) is 10.1 Å². The maximum atomic E-state index is 10.9. The van der Waals surface area contributed by atoms with Crippen molar-refractivity contribution in [3.63, 3.8) is 0 Å². The molecule has 0 aliphatic carbocycles. The van der Waals surface area contributed by atoms with Crippen LogP contribution in [0.25, 0.3) is 0 Å². The summed E-state index contributed by atoms with van der Waals surface area (Å²) >= 11 is 0. The number of hydrogen-bond donors (Lipinski definition) is 1. The zero-order valence-electron chi connectivity index (χ0n) is 11.8. The van der Waals surface area contributed by atoms with Gasteiger partial charge in [0.25, 0.3) is 5.69 Å². The lowest BCUT2D eigenvalue weighted by Crippen LogP contribution is -2.00. The number of aromatic nitrogens is 2. The van der Waals surface area contributed by atoms with E-state index in [0.717, 1.165) is 0 Å². The van der Waals surface area contributed by atoms with E-state index in [4.69, 9.17) is 15.2 Å². The minimum Gasteiger partial charge on any atom is -0.481 e. The quantitative estimate of drug-likeness (QED) is 0.679. The smallest absolute Gasteiger partial charge is 0.272 e. The summed E-state index contributed by atoms with van der Waals surface area (Å²) in [5, 5.41) is 10.9. The van der Waals surface area contributed by atoms with Gasteiger partial charge in [-0.05, 0) is 25.5 Å². The maximum absolute atomic E-state index is 10.9. The molecule has 8 heteroatoms. The molecule has 0 radical (unpaired) electrons. The number of aryl methyl sites for hydroxylation is 2. The summed E-state index contributed by atoms with van der Waals surface area (Å²) in [7, 11) is 1.45. The molecule has 0 amide bonds. The third-order valence-electron chi connectivity index (χ3n) is 2.81.